The molecular formula is C18H19BrClN3O4S. The van der Waals surface area contributed by atoms with Gasteiger partial charge in [-0.3, -0.25) is 9.10 Å². The molecule has 0 fully saturated rings. The number of sulfonamides is 1. The van der Waals surface area contributed by atoms with Crippen LogP contribution in [0.2, 0.25) is 5.02 Å². The van der Waals surface area contributed by atoms with Crippen LogP contribution < -0.4 is 14.5 Å². The summed E-state index contributed by atoms with van der Waals surface area (Å²) in [5, 5.41) is 4.37. The molecule has 150 valence electrons. The molecule has 0 aliphatic carbocycles. The van der Waals surface area contributed by atoms with Crippen molar-refractivity contribution in [1.29, 1.82) is 0 Å². The SMILES string of the molecule is COc1ccc(Br)cc1/C=N\NC(=O)CN(c1ccc(Cl)cc1C)S(C)(=O)=O. The van der Waals surface area contributed by atoms with Crippen molar-refractivity contribution in [3.63, 3.8) is 0 Å². The minimum absolute atomic E-state index is 0.375. The molecule has 0 saturated heterocycles. The molecular weight excluding hydrogens is 470 g/mol. The zero-order chi connectivity index (χ0) is 20.9. The van der Waals surface area contributed by atoms with E-state index in [1.165, 1.54) is 13.3 Å². The topological polar surface area (TPSA) is 88.1 Å². The summed E-state index contributed by atoms with van der Waals surface area (Å²) in [7, 11) is -2.17. The second-order valence-electron chi connectivity index (χ2n) is 5.88. The first kappa shape index (κ1) is 22.2. The third-order valence-corrected chi connectivity index (χ3v) is 5.55. The molecule has 1 N–H and O–H groups in total. The lowest BCUT2D eigenvalue weighted by Gasteiger charge is -2.23. The van der Waals surface area contributed by atoms with Crippen LogP contribution in [0.15, 0.2) is 46.0 Å². The molecule has 2 aromatic rings. The number of carbonyl (C=O) groups is 1. The van der Waals surface area contributed by atoms with Gasteiger partial charge in [0, 0.05) is 15.1 Å². The molecule has 10 heteroatoms. The van der Waals surface area contributed by atoms with Gasteiger partial charge in [-0.2, -0.15) is 5.10 Å². The van der Waals surface area contributed by atoms with Crippen LogP contribution >= 0.6 is 27.5 Å². The number of halogens is 2. The summed E-state index contributed by atoms with van der Waals surface area (Å²) >= 11 is 9.28. The van der Waals surface area contributed by atoms with Crippen molar-refractivity contribution in [2.24, 2.45) is 5.10 Å². The third-order valence-electron chi connectivity index (χ3n) is 3.70. The Bertz CT molecular complexity index is 1010. The lowest BCUT2D eigenvalue weighted by Crippen LogP contribution is -2.39. The van der Waals surface area contributed by atoms with Crippen molar-refractivity contribution in [3.8, 4) is 5.75 Å². The first-order valence-corrected chi connectivity index (χ1v) is 11.0. The average molecular weight is 489 g/mol. The molecule has 2 rings (SSSR count). The number of carbonyl (C=O) groups excluding carboxylic acids is 1. The molecule has 0 bridgehead atoms. The van der Waals surface area contributed by atoms with E-state index in [9.17, 15) is 13.2 Å². The highest BCUT2D eigenvalue weighted by Gasteiger charge is 2.22. The van der Waals surface area contributed by atoms with Crippen molar-refractivity contribution in [2.75, 3.05) is 24.2 Å². The van der Waals surface area contributed by atoms with Crippen LogP contribution in [0.1, 0.15) is 11.1 Å². The van der Waals surface area contributed by atoms with Crippen molar-refractivity contribution < 1.29 is 17.9 Å². The number of rotatable bonds is 7. The molecule has 1 amide bonds. The Labute approximate surface area is 177 Å². The number of anilines is 1. The minimum Gasteiger partial charge on any atom is -0.496 e. The number of methoxy groups -OCH3 is 1. The van der Waals surface area contributed by atoms with Gasteiger partial charge in [-0.1, -0.05) is 27.5 Å². The fourth-order valence-corrected chi connectivity index (χ4v) is 3.94. The molecule has 0 atom stereocenters. The van der Waals surface area contributed by atoms with E-state index in [2.05, 4.69) is 26.5 Å². The fraction of sp³-hybridized carbons (Fsp3) is 0.222. The Hall–Kier alpha value is -2.10. The predicted octanol–water partition coefficient (Wildman–Crippen LogP) is 3.34. The molecule has 28 heavy (non-hydrogen) atoms. The first-order chi connectivity index (χ1) is 13.1. The van der Waals surface area contributed by atoms with E-state index in [0.29, 0.717) is 27.6 Å². The number of hydrazone groups is 1. The molecule has 0 spiro atoms. The van der Waals surface area contributed by atoms with Gasteiger partial charge in [0.05, 0.1) is 25.3 Å². The number of benzene rings is 2. The molecule has 0 radical (unpaired) electrons. The van der Waals surface area contributed by atoms with Gasteiger partial charge in [0.25, 0.3) is 5.91 Å². The van der Waals surface area contributed by atoms with Gasteiger partial charge in [0.2, 0.25) is 10.0 Å². The predicted molar refractivity (Wildman–Crippen MR) is 115 cm³/mol. The summed E-state index contributed by atoms with van der Waals surface area (Å²) < 4.78 is 31.4. The summed E-state index contributed by atoms with van der Waals surface area (Å²) in [6.07, 6.45) is 2.45. The summed E-state index contributed by atoms with van der Waals surface area (Å²) in [4.78, 5) is 12.3. The van der Waals surface area contributed by atoms with Gasteiger partial charge < -0.3 is 4.74 Å². The Morgan fingerprint density at radius 1 is 1.32 bits per heavy atom. The van der Waals surface area contributed by atoms with Crippen molar-refractivity contribution >= 4 is 55.4 Å². The monoisotopic (exact) mass is 487 g/mol. The molecule has 2 aromatic carbocycles. The zero-order valence-corrected chi connectivity index (χ0v) is 18.6. The van der Waals surface area contributed by atoms with Crippen LogP contribution in [0.5, 0.6) is 5.75 Å². The van der Waals surface area contributed by atoms with E-state index >= 15 is 0 Å². The van der Waals surface area contributed by atoms with Gasteiger partial charge in [0.15, 0.2) is 0 Å². The van der Waals surface area contributed by atoms with Gasteiger partial charge in [-0.25, -0.2) is 13.8 Å². The van der Waals surface area contributed by atoms with Crippen molar-refractivity contribution in [2.45, 2.75) is 6.92 Å². The smallest absolute Gasteiger partial charge is 0.260 e. The van der Waals surface area contributed by atoms with Crippen LogP contribution in [-0.2, 0) is 14.8 Å². The van der Waals surface area contributed by atoms with Crippen molar-refractivity contribution in [1.82, 2.24) is 5.43 Å². The van der Waals surface area contributed by atoms with Crippen LogP contribution in [0.3, 0.4) is 0 Å². The van der Waals surface area contributed by atoms with E-state index in [1.807, 2.05) is 6.07 Å². The molecule has 0 unspecified atom stereocenters. The summed E-state index contributed by atoms with van der Waals surface area (Å²) in [5.74, 6) is -0.0132. The number of nitrogens with one attached hydrogen (secondary N) is 1. The Morgan fingerprint density at radius 3 is 2.64 bits per heavy atom. The normalized spacial score (nSPS) is 11.5. The molecule has 0 aromatic heterocycles. The minimum atomic E-state index is -3.69. The van der Waals surface area contributed by atoms with Gasteiger partial charge >= 0.3 is 0 Å². The number of nitrogens with zero attached hydrogens (tertiary/aromatic N) is 2. The molecule has 0 aliphatic rings. The Balaban J connectivity index is 2.16. The third kappa shape index (κ3) is 5.95. The maximum absolute atomic E-state index is 12.3. The van der Waals surface area contributed by atoms with E-state index in [4.69, 9.17) is 16.3 Å². The van der Waals surface area contributed by atoms with E-state index in [1.54, 1.807) is 37.3 Å². The highest BCUT2D eigenvalue weighted by molar-refractivity contribution is 9.10. The number of aryl methyl sites for hydroxylation is 1. The lowest BCUT2D eigenvalue weighted by atomic mass is 10.2. The van der Waals surface area contributed by atoms with Crippen LogP contribution in [0.4, 0.5) is 5.69 Å². The van der Waals surface area contributed by atoms with Crippen LogP contribution in [-0.4, -0.2) is 40.4 Å². The first-order valence-electron chi connectivity index (χ1n) is 8.01. The maximum atomic E-state index is 12.3. The van der Waals surface area contributed by atoms with E-state index in [0.717, 1.165) is 15.0 Å². The number of hydrogen-bond acceptors (Lipinski definition) is 5. The maximum Gasteiger partial charge on any atom is 0.260 e. The molecule has 7 nitrogen and oxygen atoms in total. The molecule has 0 saturated carbocycles. The number of amides is 1. The van der Waals surface area contributed by atoms with Crippen LogP contribution in [0.25, 0.3) is 0 Å². The quantitative estimate of drug-likeness (QED) is 0.478. The lowest BCUT2D eigenvalue weighted by molar-refractivity contribution is -0.119. The summed E-state index contributed by atoms with van der Waals surface area (Å²) in [6.45, 7) is 1.29. The van der Waals surface area contributed by atoms with Crippen molar-refractivity contribution in [3.05, 3.63) is 57.0 Å². The Kier molecular flexibility index (Phi) is 7.45. The standard InChI is InChI=1S/C18H19BrClN3O4S/c1-12-8-15(20)5-6-16(12)23(28(3,25)26)11-18(24)22-21-10-13-9-14(19)4-7-17(13)27-2/h4-10H,11H2,1-3H3,(H,22,24)/b21-10-. The Morgan fingerprint density at radius 2 is 2.04 bits per heavy atom. The summed E-state index contributed by atoms with van der Waals surface area (Å²) in [6, 6.07) is 10.1. The highest BCUT2D eigenvalue weighted by Crippen LogP contribution is 2.25. The van der Waals surface area contributed by atoms with E-state index in [-0.39, 0.29) is 0 Å². The molecule has 0 heterocycles. The highest BCUT2D eigenvalue weighted by atomic mass is 79.9. The van der Waals surface area contributed by atoms with Crippen LogP contribution in [0, 0.1) is 6.92 Å². The molecule has 0 aliphatic heterocycles. The number of hydrogen-bond donors (Lipinski definition) is 1. The fourth-order valence-electron chi connectivity index (χ4n) is 2.43. The second kappa shape index (κ2) is 9.40. The average Bonchev–Trinajstić information content (AvgIpc) is 2.59. The number of ether oxygens (including phenoxy) is 1. The zero-order valence-electron chi connectivity index (χ0n) is 15.4. The van der Waals surface area contributed by atoms with Gasteiger partial charge in [-0.05, 0) is 48.9 Å². The van der Waals surface area contributed by atoms with Gasteiger partial charge in [0.1, 0.15) is 12.3 Å². The van der Waals surface area contributed by atoms with Gasteiger partial charge in [-0.15, -0.1) is 0 Å². The van der Waals surface area contributed by atoms with E-state index < -0.39 is 22.5 Å². The largest absolute Gasteiger partial charge is 0.496 e. The second-order valence-corrected chi connectivity index (χ2v) is 9.14. The summed E-state index contributed by atoms with van der Waals surface area (Å²) in [5.41, 5.74) is 3.98.